The summed E-state index contributed by atoms with van der Waals surface area (Å²) in [7, 11) is 0. The van der Waals surface area contributed by atoms with Crippen molar-refractivity contribution in [2.24, 2.45) is 0 Å². The van der Waals surface area contributed by atoms with E-state index in [0.717, 1.165) is 17.0 Å². The number of halogens is 2. The van der Waals surface area contributed by atoms with Crippen molar-refractivity contribution in [2.45, 2.75) is 15.6 Å². The van der Waals surface area contributed by atoms with Gasteiger partial charge in [0.05, 0.1) is 8.11 Å². The summed E-state index contributed by atoms with van der Waals surface area (Å²) >= 11 is 8.69. The summed E-state index contributed by atoms with van der Waals surface area (Å²) < 4.78 is 0.0712. The van der Waals surface area contributed by atoms with Gasteiger partial charge >= 0.3 is 0 Å². The topological polar surface area (TPSA) is 29.1 Å². The fraction of sp³-hybridized carbons (Fsp3) is 0.214. The number of amides is 1. The quantitative estimate of drug-likeness (QED) is 0.723. The van der Waals surface area contributed by atoms with Crippen LogP contribution in [0.4, 0.5) is 5.69 Å². The molecule has 1 saturated carbocycles. The predicted molar refractivity (Wildman–Crippen MR) is 86.7 cm³/mol. The van der Waals surface area contributed by atoms with Gasteiger partial charge in [-0.3, -0.25) is 4.79 Å². The maximum atomic E-state index is 11.9. The molecule has 0 saturated heterocycles. The zero-order chi connectivity index (χ0) is 13.5. The maximum Gasteiger partial charge on any atom is 0.265 e. The SMILES string of the molecule is O=C(Nc1ccc(C2CC2(Br)Br)cc1)c1cccs1. The Morgan fingerprint density at radius 2 is 1.95 bits per heavy atom. The van der Waals surface area contributed by atoms with E-state index in [0.29, 0.717) is 5.92 Å². The van der Waals surface area contributed by atoms with E-state index < -0.39 is 0 Å². The molecule has 1 aromatic carbocycles. The molecule has 1 aliphatic rings. The van der Waals surface area contributed by atoms with Crippen LogP contribution < -0.4 is 5.32 Å². The summed E-state index contributed by atoms with van der Waals surface area (Å²) in [5.41, 5.74) is 2.11. The standard InChI is InChI=1S/C14H11Br2NOS/c15-14(16)8-11(14)9-3-5-10(6-4-9)17-13(18)12-2-1-7-19-12/h1-7,11H,8H2,(H,17,18). The molecule has 98 valence electrons. The van der Waals surface area contributed by atoms with Crippen LogP contribution in [0.5, 0.6) is 0 Å². The van der Waals surface area contributed by atoms with Gasteiger partial charge in [-0.05, 0) is 35.6 Å². The van der Waals surface area contributed by atoms with Gasteiger partial charge < -0.3 is 5.32 Å². The highest BCUT2D eigenvalue weighted by Crippen LogP contribution is 2.62. The smallest absolute Gasteiger partial charge is 0.265 e. The number of rotatable bonds is 3. The molecule has 5 heteroatoms. The summed E-state index contributed by atoms with van der Waals surface area (Å²) in [5, 5.41) is 4.80. The molecule has 0 radical (unpaired) electrons. The van der Waals surface area contributed by atoms with Crippen LogP contribution in [0.3, 0.4) is 0 Å². The molecule has 19 heavy (non-hydrogen) atoms. The molecular weight excluding hydrogens is 390 g/mol. The van der Waals surface area contributed by atoms with Gasteiger partial charge in [0.25, 0.3) is 5.91 Å². The Bertz CT molecular complexity index is 592. The molecule has 2 nitrogen and oxygen atoms in total. The third kappa shape index (κ3) is 2.93. The molecule has 1 aromatic heterocycles. The lowest BCUT2D eigenvalue weighted by Crippen LogP contribution is -2.09. The number of hydrogen-bond donors (Lipinski definition) is 1. The van der Waals surface area contributed by atoms with E-state index in [1.807, 2.05) is 29.6 Å². The van der Waals surface area contributed by atoms with Crippen LogP contribution >= 0.6 is 43.2 Å². The zero-order valence-electron chi connectivity index (χ0n) is 9.90. The van der Waals surface area contributed by atoms with Crippen molar-refractivity contribution < 1.29 is 4.79 Å². The molecule has 1 fully saturated rings. The lowest BCUT2D eigenvalue weighted by molar-refractivity contribution is 0.103. The summed E-state index contributed by atoms with van der Waals surface area (Å²) in [6.45, 7) is 0. The Kier molecular flexibility index (Phi) is 3.53. The van der Waals surface area contributed by atoms with Crippen LogP contribution in [0, 0.1) is 0 Å². The van der Waals surface area contributed by atoms with Gasteiger partial charge in [0, 0.05) is 11.6 Å². The molecule has 2 aromatic rings. The number of carbonyl (C=O) groups is 1. The Labute approximate surface area is 132 Å². The van der Waals surface area contributed by atoms with E-state index >= 15 is 0 Å². The van der Waals surface area contributed by atoms with Crippen molar-refractivity contribution in [1.82, 2.24) is 0 Å². The molecule has 1 amide bonds. The largest absolute Gasteiger partial charge is 0.321 e. The van der Waals surface area contributed by atoms with Crippen molar-refractivity contribution in [1.29, 1.82) is 0 Å². The zero-order valence-corrected chi connectivity index (χ0v) is 13.9. The Morgan fingerprint density at radius 3 is 2.47 bits per heavy atom. The summed E-state index contributed by atoms with van der Waals surface area (Å²) in [6.07, 6.45) is 1.09. The summed E-state index contributed by atoms with van der Waals surface area (Å²) in [4.78, 5) is 12.6. The van der Waals surface area contributed by atoms with Crippen molar-refractivity contribution in [2.75, 3.05) is 5.32 Å². The van der Waals surface area contributed by atoms with Gasteiger partial charge in [0.2, 0.25) is 0 Å². The van der Waals surface area contributed by atoms with Crippen molar-refractivity contribution in [3.63, 3.8) is 0 Å². The third-order valence-corrected chi connectivity index (χ3v) is 5.76. The van der Waals surface area contributed by atoms with E-state index in [-0.39, 0.29) is 9.14 Å². The van der Waals surface area contributed by atoms with Crippen molar-refractivity contribution in [3.05, 3.63) is 52.2 Å². The molecule has 1 aliphatic carbocycles. The van der Waals surface area contributed by atoms with E-state index in [2.05, 4.69) is 49.3 Å². The highest BCUT2D eigenvalue weighted by molar-refractivity contribution is 9.25. The Balaban J connectivity index is 1.68. The monoisotopic (exact) mass is 399 g/mol. The van der Waals surface area contributed by atoms with Crippen molar-refractivity contribution >= 4 is 54.8 Å². The average molecular weight is 401 g/mol. The molecule has 0 aliphatic heterocycles. The molecule has 1 N–H and O–H groups in total. The molecule has 3 rings (SSSR count). The minimum Gasteiger partial charge on any atom is -0.321 e. The lowest BCUT2D eigenvalue weighted by atomic mass is 10.1. The molecule has 1 atom stereocenters. The average Bonchev–Trinajstić information content (AvgIpc) is 2.83. The lowest BCUT2D eigenvalue weighted by Gasteiger charge is -2.06. The number of alkyl halides is 2. The minimum atomic E-state index is -0.0514. The summed E-state index contributed by atoms with van der Waals surface area (Å²) in [6, 6.07) is 11.7. The number of hydrogen-bond acceptors (Lipinski definition) is 2. The molecule has 0 bridgehead atoms. The van der Waals surface area contributed by atoms with Gasteiger partial charge in [-0.2, -0.15) is 0 Å². The fourth-order valence-electron chi connectivity index (χ4n) is 1.97. The second-order valence-corrected chi connectivity index (χ2v) is 9.41. The van der Waals surface area contributed by atoms with E-state index in [1.165, 1.54) is 16.9 Å². The first-order chi connectivity index (χ1) is 9.06. The second-order valence-electron chi connectivity index (χ2n) is 4.57. The van der Waals surface area contributed by atoms with Gasteiger partial charge in [0.1, 0.15) is 0 Å². The number of anilines is 1. The number of nitrogens with one attached hydrogen (secondary N) is 1. The first-order valence-corrected chi connectivity index (χ1v) is 8.35. The first-order valence-electron chi connectivity index (χ1n) is 5.89. The van der Waals surface area contributed by atoms with E-state index in [1.54, 1.807) is 0 Å². The highest BCUT2D eigenvalue weighted by Gasteiger charge is 2.50. The fourth-order valence-corrected chi connectivity index (χ4v) is 3.77. The van der Waals surface area contributed by atoms with Crippen LogP contribution in [0.2, 0.25) is 0 Å². The van der Waals surface area contributed by atoms with E-state index in [4.69, 9.17) is 0 Å². The maximum absolute atomic E-state index is 11.9. The summed E-state index contributed by atoms with van der Waals surface area (Å²) in [5.74, 6) is 0.457. The van der Waals surface area contributed by atoms with Crippen LogP contribution in [-0.4, -0.2) is 9.14 Å². The van der Waals surface area contributed by atoms with Crippen LogP contribution in [0.15, 0.2) is 41.8 Å². The number of benzene rings is 1. The van der Waals surface area contributed by atoms with E-state index in [9.17, 15) is 4.79 Å². The first kappa shape index (κ1) is 13.3. The van der Waals surface area contributed by atoms with Crippen LogP contribution in [0.1, 0.15) is 27.6 Å². The molecule has 1 unspecified atom stereocenters. The van der Waals surface area contributed by atoms with Gasteiger partial charge in [0.15, 0.2) is 0 Å². The Morgan fingerprint density at radius 1 is 1.26 bits per heavy atom. The van der Waals surface area contributed by atoms with Gasteiger partial charge in [-0.1, -0.05) is 50.1 Å². The highest BCUT2D eigenvalue weighted by atomic mass is 79.9. The number of carbonyl (C=O) groups excluding carboxylic acids is 1. The molecular formula is C14H11Br2NOS. The Hall–Kier alpha value is -0.650. The normalized spacial score (nSPS) is 20.0. The number of thiophene rings is 1. The molecule has 0 spiro atoms. The second kappa shape index (κ2) is 5.04. The van der Waals surface area contributed by atoms with Gasteiger partial charge in [-0.25, -0.2) is 0 Å². The van der Waals surface area contributed by atoms with Crippen LogP contribution in [0.25, 0.3) is 0 Å². The predicted octanol–water partition coefficient (Wildman–Crippen LogP) is 4.97. The third-order valence-electron chi connectivity index (χ3n) is 3.14. The van der Waals surface area contributed by atoms with Gasteiger partial charge in [-0.15, -0.1) is 11.3 Å². The van der Waals surface area contributed by atoms with Crippen molar-refractivity contribution in [3.8, 4) is 0 Å². The van der Waals surface area contributed by atoms with Crippen LogP contribution in [-0.2, 0) is 0 Å². The molecule has 1 heterocycles. The minimum absolute atomic E-state index is 0.0514.